The van der Waals surface area contributed by atoms with E-state index in [2.05, 4.69) is 19.6 Å². The molecule has 0 radical (unpaired) electrons. The first-order valence-electron chi connectivity index (χ1n) is 12.0. The van der Waals surface area contributed by atoms with Gasteiger partial charge in [0.25, 0.3) is 0 Å². The van der Waals surface area contributed by atoms with Gasteiger partial charge in [-0.15, -0.1) is 0 Å². The minimum Gasteiger partial charge on any atom is -0.452 e. The second-order valence-electron chi connectivity index (χ2n) is 7.72. The highest BCUT2D eigenvalue weighted by Gasteiger charge is 2.19. The number of aryl methyl sites for hydroxylation is 1. The standard InChI is InChI=1S/C26H42O6/c1-3-5-6-7-8-9-10-13-23-14-11-12-15-24(23)25(32-26(28)4-2)22-31-21-20-30-19-18-29-17-16-27/h4,11-12,14-15,25,27H,2-3,5-10,13,16-22H2,1H3. The van der Waals surface area contributed by atoms with E-state index in [0.29, 0.717) is 33.0 Å². The van der Waals surface area contributed by atoms with E-state index >= 15 is 0 Å². The molecule has 1 rings (SSSR count). The van der Waals surface area contributed by atoms with Gasteiger partial charge in [-0.1, -0.05) is 76.3 Å². The Hall–Kier alpha value is -1.73. The van der Waals surface area contributed by atoms with Crippen molar-refractivity contribution in [3.63, 3.8) is 0 Å². The number of hydrogen-bond acceptors (Lipinski definition) is 6. The van der Waals surface area contributed by atoms with Crippen molar-refractivity contribution in [2.24, 2.45) is 0 Å². The van der Waals surface area contributed by atoms with E-state index in [1.807, 2.05) is 18.2 Å². The van der Waals surface area contributed by atoms with Crippen molar-refractivity contribution in [3.05, 3.63) is 48.0 Å². The molecule has 0 aromatic heterocycles. The molecule has 0 saturated carbocycles. The van der Waals surface area contributed by atoms with Gasteiger partial charge in [0, 0.05) is 6.08 Å². The highest BCUT2D eigenvalue weighted by atomic mass is 16.6. The Morgan fingerprint density at radius 1 is 0.938 bits per heavy atom. The predicted octanol–water partition coefficient (Wildman–Crippen LogP) is 4.79. The van der Waals surface area contributed by atoms with Crippen LogP contribution in [0.25, 0.3) is 0 Å². The molecule has 1 aromatic carbocycles. The fourth-order valence-electron chi connectivity index (χ4n) is 3.42. The summed E-state index contributed by atoms with van der Waals surface area (Å²) in [6, 6.07) is 8.11. The summed E-state index contributed by atoms with van der Waals surface area (Å²) >= 11 is 0. The molecule has 6 heteroatoms. The summed E-state index contributed by atoms with van der Waals surface area (Å²) in [5.41, 5.74) is 2.19. The Bertz CT molecular complexity index is 604. The molecule has 182 valence electrons. The molecule has 1 atom stereocenters. The summed E-state index contributed by atoms with van der Waals surface area (Å²) in [6.45, 7) is 8.02. The Morgan fingerprint density at radius 2 is 1.56 bits per heavy atom. The first-order valence-corrected chi connectivity index (χ1v) is 12.0. The van der Waals surface area contributed by atoms with Crippen LogP contribution in [0, 0.1) is 0 Å². The van der Waals surface area contributed by atoms with Crippen molar-refractivity contribution in [1.29, 1.82) is 0 Å². The maximum Gasteiger partial charge on any atom is 0.330 e. The van der Waals surface area contributed by atoms with Crippen LogP contribution in [0.1, 0.15) is 69.1 Å². The first kappa shape index (κ1) is 28.3. The molecule has 32 heavy (non-hydrogen) atoms. The van der Waals surface area contributed by atoms with Crippen LogP contribution < -0.4 is 0 Å². The number of benzene rings is 1. The Labute approximate surface area is 193 Å². The van der Waals surface area contributed by atoms with Gasteiger partial charge in [-0.25, -0.2) is 4.79 Å². The van der Waals surface area contributed by atoms with Gasteiger partial charge in [-0.3, -0.25) is 0 Å². The minimum absolute atomic E-state index is 0.00829. The summed E-state index contributed by atoms with van der Waals surface area (Å²) in [6.07, 6.45) is 10.5. The van der Waals surface area contributed by atoms with Crippen molar-refractivity contribution < 1.29 is 28.8 Å². The van der Waals surface area contributed by atoms with Crippen LogP contribution in [0.2, 0.25) is 0 Å². The lowest BCUT2D eigenvalue weighted by Gasteiger charge is -2.21. The quantitative estimate of drug-likeness (QED) is 0.165. The van der Waals surface area contributed by atoms with E-state index in [1.54, 1.807) is 0 Å². The van der Waals surface area contributed by atoms with E-state index < -0.39 is 12.1 Å². The van der Waals surface area contributed by atoms with Crippen molar-refractivity contribution in [1.82, 2.24) is 0 Å². The van der Waals surface area contributed by atoms with E-state index in [9.17, 15) is 4.79 Å². The van der Waals surface area contributed by atoms with Crippen LogP contribution in [-0.4, -0.2) is 57.3 Å². The van der Waals surface area contributed by atoms with Crippen LogP contribution in [0.4, 0.5) is 0 Å². The third-order valence-corrected chi connectivity index (χ3v) is 5.13. The number of esters is 1. The number of carbonyl (C=O) groups is 1. The summed E-state index contributed by atoms with van der Waals surface area (Å²) in [5.74, 6) is -0.457. The van der Waals surface area contributed by atoms with Crippen molar-refractivity contribution in [3.8, 4) is 0 Å². The fourth-order valence-corrected chi connectivity index (χ4v) is 3.42. The van der Waals surface area contributed by atoms with Crippen LogP contribution in [0.15, 0.2) is 36.9 Å². The normalized spacial score (nSPS) is 11.9. The fraction of sp³-hybridized carbons (Fsp3) is 0.654. The topological polar surface area (TPSA) is 74.2 Å². The number of hydrogen-bond donors (Lipinski definition) is 1. The van der Waals surface area contributed by atoms with Gasteiger partial charge in [0.05, 0.1) is 46.2 Å². The zero-order valence-electron chi connectivity index (χ0n) is 19.8. The molecule has 0 heterocycles. The largest absolute Gasteiger partial charge is 0.452 e. The molecular weight excluding hydrogens is 408 g/mol. The molecule has 0 aliphatic heterocycles. The maximum atomic E-state index is 11.9. The molecule has 6 nitrogen and oxygen atoms in total. The van der Waals surface area contributed by atoms with Gasteiger partial charge in [-0.05, 0) is 24.0 Å². The third-order valence-electron chi connectivity index (χ3n) is 5.13. The molecule has 0 fully saturated rings. The van der Waals surface area contributed by atoms with Gasteiger partial charge in [0.2, 0.25) is 0 Å². The summed E-state index contributed by atoms with van der Waals surface area (Å²) in [4.78, 5) is 11.9. The summed E-state index contributed by atoms with van der Waals surface area (Å²) in [7, 11) is 0. The van der Waals surface area contributed by atoms with Crippen molar-refractivity contribution >= 4 is 5.97 Å². The Kier molecular flexibility index (Phi) is 17.6. The SMILES string of the molecule is C=CC(=O)OC(COCCOCCOCCO)c1ccccc1CCCCCCCCC. The molecule has 1 N–H and O–H groups in total. The zero-order valence-corrected chi connectivity index (χ0v) is 19.8. The van der Waals surface area contributed by atoms with Crippen molar-refractivity contribution in [2.75, 3.05) is 46.2 Å². The maximum absolute atomic E-state index is 11.9. The van der Waals surface area contributed by atoms with E-state index in [4.69, 9.17) is 24.1 Å². The van der Waals surface area contributed by atoms with Crippen LogP contribution in [0.5, 0.6) is 0 Å². The van der Waals surface area contributed by atoms with Crippen LogP contribution >= 0.6 is 0 Å². The average molecular weight is 451 g/mol. The predicted molar refractivity (Wildman–Crippen MR) is 127 cm³/mol. The van der Waals surface area contributed by atoms with Crippen molar-refractivity contribution in [2.45, 2.75) is 64.4 Å². The number of unbranched alkanes of at least 4 members (excludes halogenated alkanes) is 6. The van der Waals surface area contributed by atoms with Gasteiger partial charge in [-0.2, -0.15) is 0 Å². The number of aliphatic hydroxyl groups excluding tert-OH is 1. The number of rotatable bonds is 21. The van der Waals surface area contributed by atoms with Gasteiger partial charge in [0.1, 0.15) is 0 Å². The summed E-state index contributed by atoms with van der Waals surface area (Å²) in [5, 5.41) is 8.66. The second kappa shape index (κ2) is 19.9. The molecular formula is C26H42O6. The molecule has 0 amide bonds. The summed E-state index contributed by atoms with van der Waals surface area (Å²) < 4.78 is 21.9. The van der Waals surface area contributed by atoms with Crippen LogP contribution in [0.3, 0.4) is 0 Å². The first-order chi connectivity index (χ1) is 15.7. The van der Waals surface area contributed by atoms with Gasteiger partial charge < -0.3 is 24.1 Å². The van der Waals surface area contributed by atoms with E-state index in [0.717, 1.165) is 18.4 Å². The molecule has 1 aromatic rings. The minimum atomic E-state index is -0.478. The average Bonchev–Trinajstić information content (AvgIpc) is 2.81. The lowest BCUT2D eigenvalue weighted by molar-refractivity contribution is -0.147. The highest BCUT2D eigenvalue weighted by Crippen LogP contribution is 2.24. The highest BCUT2D eigenvalue weighted by molar-refractivity contribution is 5.81. The zero-order chi connectivity index (χ0) is 23.3. The molecule has 1 unspecified atom stereocenters. The lowest BCUT2D eigenvalue weighted by atomic mass is 9.97. The number of ether oxygens (including phenoxy) is 4. The smallest absolute Gasteiger partial charge is 0.330 e. The third kappa shape index (κ3) is 13.6. The number of carbonyl (C=O) groups excluding carboxylic acids is 1. The molecule has 0 aliphatic rings. The molecule has 0 aliphatic carbocycles. The second-order valence-corrected chi connectivity index (χ2v) is 7.72. The van der Waals surface area contributed by atoms with E-state index in [-0.39, 0.29) is 13.2 Å². The Balaban J connectivity index is 2.49. The monoisotopic (exact) mass is 450 g/mol. The molecule has 0 saturated heterocycles. The molecule has 0 bridgehead atoms. The van der Waals surface area contributed by atoms with Crippen LogP contribution in [-0.2, 0) is 30.2 Å². The molecule has 0 spiro atoms. The Morgan fingerprint density at radius 3 is 2.25 bits per heavy atom. The van der Waals surface area contributed by atoms with Gasteiger partial charge in [0.15, 0.2) is 6.10 Å². The van der Waals surface area contributed by atoms with E-state index in [1.165, 1.54) is 50.2 Å². The lowest BCUT2D eigenvalue weighted by Crippen LogP contribution is -2.19. The van der Waals surface area contributed by atoms with Gasteiger partial charge >= 0.3 is 5.97 Å². The number of aliphatic hydroxyl groups is 1.